The van der Waals surface area contributed by atoms with Crippen LogP contribution in [0.1, 0.15) is 19.5 Å². The van der Waals surface area contributed by atoms with Gasteiger partial charge in [-0.2, -0.15) is 20.1 Å². The highest BCUT2D eigenvalue weighted by atomic mass is 35.5. The minimum Gasteiger partial charge on any atom is -0.348 e. The maximum atomic E-state index is 5.95. The van der Waals surface area contributed by atoms with Crippen molar-refractivity contribution >= 4 is 23.5 Å². The van der Waals surface area contributed by atoms with E-state index in [1.165, 1.54) is 0 Å². The molecule has 0 atom stereocenters. The van der Waals surface area contributed by atoms with E-state index in [4.69, 9.17) is 11.6 Å². The Morgan fingerprint density at radius 3 is 2.60 bits per heavy atom. The van der Waals surface area contributed by atoms with Crippen LogP contribution in [-0.2, 0) is 13.6 Å². The Hall–Kier alpha value is -1.89. The van der Waals surface area contributed by atoms with Crippen molar-refractivity contribution in [3.63, 3.8) is 0 Å². The van der Waals surface area contributed by atoms with Crippen LogP contribution in [0.15, 0.2) is 12.3 Å². The van der Waals surface area contributed by atoms with E-state index in [1.54, 1.807) is 10.9 Å². The third-order valence-electron chi connectivity index (χ3n) is 2.99. The highest BCUT2D eigenvalue weighted by molar-refractivity contribution is 6.28. The Morgan fingerprint density at radius 1 is 1.25 bits per heavy atom. The number of nitrogens with zero attached hydrogens (tertiary/aromatic N) is 6. The lowest BCUT2D eigenvalue weighted by atomic mass is 10.4. The Labute approximate surface area is 123 Å². The molecule has 0 spiro atoms. The normalized spacial score (nSPS) is 10.6. The first-order chi connectivity index (χ1) is 9.63. The molecule has 8 heteroatoms. The number of halogens is 1. The molecule has 2 heterocycles. The standard InChI is InChI=1S/C12H18ClN7/c1-4-20(5-2)12-17-10(13)16-11(18-12)14-8-9-6-7-15-19(9)3/h6-7H,4-5,8H2,1-3H3,(H,14,16,17,18). The number of hydrogen-bond donors (Lipinski definition) is 1. The van der Waals surface area contributed by atoms with Gasteiger partial charge in [0.2, 0.25) is 17.2 Å². The van der Waals surface area contributed by atoms with Gasteiger partial charge in [0.15, 0.2) is 0 Å². The highest BCUT2D eigenvalue weighted by Gasteiger charge is 2.10. The van der Waals surface area contributed by atoms with Crippen molar-refractivity contribution in [1.82, 2.24) is 24.7 Å². The van der Waals surface area contributed by atoms with Crippen LogP contribution < -0.4 is 10.2 Å². The first kappa shape index (κ1) is 14.5. The lowest BCUT2D eigenvalue weighted by Crippen LogP contribution is -2.25. The molecule has 0 saturated carbocycles. The minimum atomic E-state index is 0.189. The maximum absolute atomic E-state index is 5.95. The van der Waals surface area contributed by atoms with E-state index in [-0.39, 0.29) is 5.28 Å². The molecule has 0 radical (unpaired) electrons. The van der Waals surface area contributed by atoms with Crippen LogP contribution in [0.3, 0.4) is 0 Å². The van der Waals surface area contributed by atoms with Crippen molar-refractivity contribution in [1.29, 1.82) is 0 Å². The van der Waals surface area contributed by atoms with Crippen LogP contribution in [0.5, 0.6) is 0 Å². The summed E-state index contributed by atoms with van der Waals surface area (Å²) < 4.78 is 1.79. The second-order valence-electron chi connectivity index (χ2n) is 4.20. The Kier molecular flexibility index (Phi) is 4.73. The molecule has 2 aromatic rings. The predicted octanol–water partition coefficient (Wildman–Crippen LogP) is 1.72. The van der Waals surface area contributed by atoms with Gasteiger partial charge in [-0.3, -0.25) is 4.68 Å². The first-order valence-electron chi connectivity index (χ1n) is 6.51. The summed E-state index contributed by atoms with van der Waals surface area (Å²) in [6, 6.07) is 1.93. The molecule has 2 aromatic heterocycles. The number of anilines is 2. The van der Waals surface area contributed by atoms with Gasteiger partial charge in [0.05, 0.1) is 12.2 Å². The molecule has 20 heavy (non-hydrogen) atoms. The van der Waals surface area contributed by atoms with E-state index in [9.17, 15) is 0 Å². The summed E-state index contributed by atoms with van der Waals surface area (Å²) in [7, 11) is 1.89. The summed E-state index contributed by atoms with van der Waals surface area (Å²) in [5.74, 6) is 1.05. The molecule has 2 rings (SSSR count). The van der Waals surface area contributed by atoms with Crippen LogP contribution in [0.4, 0.5) is 11.9 Å². The zero-order chi connectivity index (χ0) is 14.5. The molecule has 108 valence electrons. The van der Waals surface area contributed by atoms with Crippen LogP contribution in [-0.4, -0.2) is 37.8 Å². The van der Waals surface area contributed by atoms with Gasteiger partial charge < -0.3 is 10.2 Å². The van der Waals surface area contributed by atoms with Gasteiger partial charge in [-0.25, -0.2) is 0 Å². The van der Waals surface area contributed by atoms with Gasteiger partial charge in [0, 0.05) is 26.3 Å². The van der Waals surface area contributed by atoms with Crippen molar-refractivity contribution in [3.8, 4) is 0 Å². The van der Waals surface area contributed by atoms with Crippen molar-refractivity contribution in [2.24, 2.45) is 7.05 Å². The number of aromatic nitrogens is 5. The summed E-state index contributed by atoms with van der Waals surface area (Å²) in [6.07, 6.45) is 1.75. The fraction of sp³-hybridized carbons (Fsp3) is 0.500. The van der Waals surface area contributed by atoms with Crippen LogP contribution in [0, 0.1) is 0 Å². The van der Waals surface area contributed by atoms with E-state index in [2.05, 4.69) is 25.4 Å². The molecule has 0 aliphatic heterocycles. The third kappa shape index (κ3) is 3.36. The molecule has 0 aromatic carbocycles. The fourth-order valence-corrected chi connectivity index (χ4v) is 1.97. The SMILES string of the molecule is CCN(CC)c1nc(Cl)nc(NCc2ccnn2C)n1. The zero-order valence-electron chi connectivity index (χ0n) is 11.8. The van der Waals surface area contributed by atoms with Gasteiger partial charge in [-0.1, -0.05) is 0 Å². The lowest BCUT2D eigenvalue weighted by molar-refractivity contribution is 0.718. The second kappa shape index (κ2) is 6.51. The molecule has 0 unspecified atom stereocenters. The van der Waals surface area contributed by atoms with E-state index in [0.717, 1.165) is 18.8 Å². The van der Waals surface area contributed by atoms with Crippen molar-refractivity contribution < 1.29 is 0 Å². The number of nitrogens with one attached hydrogen (secondary N) is 1. The molecule has 0 aliphatic carbocycles. The molecule has 0 bridgehead atoms. The zero-order valence-corrected chi connectivity index (χ0v) is 12.6. The van der Waals surface area contributed by atoms with E-state index >= 15 is 0 Å². The van der Waals surface area contributed by atoms with Crippen LogP contribution in [0.2, 0.25) is 5.28 Å². The number of aryl methyl sites for hydroxylation is 1. The molecule has 0 fully saturated rings. The van der Waals surface area contributed by atoms with Gasteiger partial charge in [-0.05, 0) is 31.5 Å². The molecule has 0 amide bonds. The Bertz CT molecular complexity index is 565. The third-order valence-corrected chi connectivity index (χ3v) is 3.16. The quantitative estimate of drug-likeness (QED) is 0.875. The second-order valence-corrected chi connectivity index (χ2v) is 4.54. The topological polar surface area (TPSA) is 71.8 Å². The van der Waals surface area contributed by atoms with Crippen LogP contribution >= 0.6 is 11.6 Å². The summed E-state index contributed by atoms with van der Waals surface area (Å²) in [5.41, 5.74) is 1.03. The largest absolute Gasteiger partial charge is 0.348 e. The molecule has 7 nitrogen and oxygen atoms in total. The molecular formula is C12H18ClN7. The molecule has 1 N–H and O–H groups in total. The van der Waals surface area contributed by atoms with E-state index < -0.39 is 0 Å². The molecule has 0 aliphatic rings. The Morgan fingerprint density at radius 2 is 2.00 bits per heavy atom. The van der Waals surface area contributed by atoms with E-state index in [1.807, 2.05) is 31.9 Å². The first-order valence-corrected chi connectivity index (χ1v) is 6.89. The van der Waals surface area contributed by atoms with Gasteiger partial charge >= 0.3 is 0 Å². The number of hydrogen-bond acceptors (Lipinski definition) is 6. The van der Waals surface area contributed by atoms with Crippen LogP contribution in [0.25, 0.3) is 0 Å². The smallest absolute Gasteiger partial charge is 0.231 e. The van der Waals surface area contributed by atoms with Crippen molar-refractivity contribution in [3.05, 3.63) is 23.2 Å². The summed E-state index contributed by atoms with van der Waals surface area (Å²) in [4.78, 5) is 14.6. The van der Waals surface area contributed by atoms with Gasteiger partial charge in [0.1, 0.15) is 0 Å². The number of rotatable bonds is 6. The average molecular weight is 296 g/mol. The lowest BCUT2D eigenvalue weighted by Gasteiger charge is -2.18. The maximum Gasteiger partial charge on any atom is 0.231 e. The summed E-state index contributed by atoms with van der Waals surface area (Å²) in [6.45, 7) is 6.30. The van der Waals surface area contributed by atoms with Gasteiger partial charge in [0.25, 0.3) is 0 Å². The average Bonchev–Trinajstić information content (AvgIpc) is 2.83. The molecular weight excluding hydrogens is 278 g/mol. The van der Waals surface area contributed by atoms with Gasteiger partial charge in [-0.15, -0.1) is 0 Å². The summed E-state index contributed by atoms with van der Waals surface area (Å²) in [5, 5.41) is 7.44. The Balaban J connectivity index is 2.13. The predicted molar refractivity (Wildman–Crippen MR) is 78.9 cm³/mol. The van der Waals surface area contributed by atoms with Crippen molar-refractivity contribution in [2.45, 2.75) is 20.4 Å². The monoisotopic (exact) mass is 295 g/mol. The molecule has 0 saturated heterocycles. The highest BCUT2D eigenvalue weighted by Crippen LogP contribution is 2.14. The van der Waals surface area contributed by atoms with E-state index in [0.29, 0.717) is 18.4 Å². The minimum absolute atomic E-state index is 0.189. The van der Waals surface area contributed by atoms with Crippen molar-refractivity contribution in [2.75, 3.05) is 23.3 Å². The fourth-order valence-electron chi connectivity index (χ4n) is 1.81. The summed E-state index contributed by atoms with van der Waals surface area (Å²) >= 11 is 5.95.